The first-order chi connectivity index (χ1) is 7.20. The molecule has 0 aliphatic heterocycles. The summed E-state index contributed by atoms with van der Waals surface area (Å²) in [5, 5.41) is 0. The van der Waals surface area contributed by atoms with Gasteiger partial charge in [0.05, 0.1) is 5.69 Å². The van der Waals surface area contributed by atoms with E-state index in [0.717, 1.165) is 5.69 Å². The minimum Gasteiger partial charge on any atom is -0.423 e. The van der Waals surface area contributed by atoms with Gasteiger partial charge >= 0.3 is 0 Å². The van der Waals surface area contributed by atoms with Crippen molar-refractivity contribution in [2.75, 3.05) is 5.73 Å². The Hall–Kier alpha value is -1.84. The van der Waals surface area contributed by atoms with Crippen LogP contribution in [0, 0.1) is 5.82 Å². The van der Waals surface area contributed by atoms with Gasteiger partial charge in [-0.2, -0.15) is 4.98 Å². The summed E-state index contributed by atoms with van der Waals surface area (Å²) in [7, 11) is 0. The molecule has 78 valence electrons. The van der Waals surface area contributed by atoms with Gasteiger partial charge in [0, 0.05) is 5.56 Å². The number of nitrogens with zero attached hydrogens (tertiary/aromatic N) is 1. The van der Waals surface area contributed by atoms with E-state index in [9.17, 15) is 4.39 Å². The first kappa shape index (κ1) is 9.71. The number of hydrogen-bond donors (Lipinski definition) is 1. The van der Waals surface area contributed by atoms with Gasteiger partial charge in [0.15, 0.2) is 5.76 Å². The molecule has 0 saturated carbocycles. The van der Waals surface area contributed by atoms with Crippen LogP contribution >= 0.6 is 0 Å². The zero-order chi connectivity index (χ0) is 10.8. The van der Waals surface area contributed by atoms with E-state index in [2.05, 4.69) is 4.98 Å². The summed E-state index contributed by atoms with van der Waals surface area (Å²) >= 11 is 0. The van der Waals surface area contributed by atoms with E-state index in [0.29, 0.717) is 17.7 Å². The Labute approximate surface area is 86.7 Å². The van der Waals surface area contributed by atoms with Crippen LogP contribution in [0.15, 0.2) is 28.7 Å². The molecule has 0 aliphatic rings. The van der Waals surface area contributed by atoms with Crippen LogP contribution in [0.3, 0.4) is 0 Å². The Kier molecular flexibility index (Phi) is 2.41. The summed E-state index contributed by atoms with van der Waals surface area (Å²) in [6.45, 7) is 1.94. The normalized spacial score (nSPS) is 10.5. The molecular formula is C11H11FN2O. The molecule has 2 N–H and O–H groups in total. The molecule has 2 rings (SSSR count). The van der Waals surface area contributed by atoms with Gasteiger partial charge in [-0.1, -0.05) is 19.1 Å². The number of hydrogen-bond acceptors (Lipinski definition) is 3. The standard InChI is InChI=1S/C11H11FN2O/c1-2-9-10(15-11(13)14-9)7-4-3-5-8(12)6-7/h3-6H,2H2,1H3,(H2,13,14). The van der Waals surface area contributed by atoms with E-state index >= 15 is 0 Å². The third kappa shape index (κ3) is 1.83. The van der Waals surface area contributed by atoms with Crippen molar-refractivity contribution in [1.82, 2.24) is 4.98 Å². The average Bonchev–Trinajstić information content (AvgIpc) is 2.59. The zero-order valence-corrected chi connectivity index (χ0v) is 8.33. The Morgan fingerprint density at radius 3 is 2.93 bits per heavy atom. The van der Waals surface area contributed by atoms with Crippen LogP contribution in [0.1, 0.15) is 12.6 Å². The second kappa shape index (κ2) is 3.73. The number of aromatic nitrogens is 1. The molecule has 4 heteroatoms. The fourth-order valence-electron chi connectivity index (χ4n) is 1.46. The molecule has 0 saturated heterocycles. The van der Waals surface area contributed by atoms with Crippen molar-refractivity contribution in [2.24, 2.45) is 0 Å². The van der Waals surface area contributed by atoms with Crippen LogP contribution in [-0.2, 0) is 6.42 Å². The molecule has 0 radical (unpaired) electrons. The fourth-order valence-corrected chi connectivity index (χ4v) is 1.46. The summed E-state index contributed by atoms with van der Waals surface area (Å²) in [5.74, 6) is 0.249. The van der Waals surface area contributed by atoms with E-state index in [-0.39, 0.29) is 11.8 Å². The number of nitrogen functional groups attached to an aromatic ring is 1. The van der Waals surface area contributed by atoms with Crippen LogP contribution in [0.2, 0.25) is 0 Å². The summed E-state index contributed by atoms with van der Waals surface area (Å²) in [6.07, 6.45) is 0.701. The molecule has 0 unspecified atom stereocenters. The fraction of sp³-hybridized carbons (Fsp3) is 0.182. The van der Waals surface area contributed by atoms with Gasteiger partial charge in [0.2, 0.25) is 0 Å². The average molecular weight is 206 g/mol. The first-order valence-corrected chi connectivity index (χ1v) is 4.72. The number of anilines is 1. The minimum absolute atomic E-state index is 0.117. The predicted octanol–water partition coefficient (Wildman–Crippen LogP) is 2.63. The highest BCUT2D eigenvalue weighted by atomic mass is 19.1. The van der Waals surface area contributed by atoms with Crippen molar-refractivity contribution >= 4 is 6.01 Å². The number of oxazole rings is 1. The smallest absolute Gasteiger partial charge is 0.292 e. The highest BCUT2D eigenvalue weighted by Crippen LogP contribution is 2.26. The van der Waals surface area contributed by atoms with Crippen LogP contribution in [0.5, 0.6) is 0 Å². The highest BCUT2D eigenvalue weighted by Gasteiger charge is 2.12. The number of rotatable bonds is 2. The molecule has 0 fully saturated rings. The lowest BCUT2D eigenvalue weighted by molar-refractivity contribution is 0.590. The van der Waals surface area contributed by atoms with Crippen molar-refractivity contribution in [3.05, 3.63) is 35.8 Å². The number of nitrogens with two attached hydrogens (primary N) is 1. The Morgan fingerprint density at radius 1 is 1.47 bits per heavy atom. The number of aryl methyl sites for hydroxylation is 1. The van der Waals surface area contributed by atoms with Gasteiger partial charge in [-0.05, 0) is 18.6 Å². The second-order valence-corrected chi connectivity index (χ2v) is 3.19. The van der Waals surface area contributed by atoms with Crippen LogP contribution < -0.4 is 5.73 Å². The maximum atomic E-state index is 13.0. The summed E-state index contributed by atoms with van der Waals surface area (Å²) in [5.41, 5.74) is 6.87. The Bertz CT molecular complexity index is 479. The lowest BCUT2D eigenvalue weighted by atomic mass is 10.1. The minimum atomic E-state index is -0.301. The number of halogens is 1. The van der Waals surface area contributed by atoms with Crippen molar-refractivity contribution in [3.63, 3.8) is 0 Å². The van der Waals surface area contributed by atoms with E-state index in [1.807, 2.05) is 6.92 Å². The third-order valence-electron chi connectivity index (χ3n) is 2.14. The topological polar surface area (TPSA) is 52.0 Å². The van der Waals surface area contributed by atoms with Gasteiger partial charge in [-0.15, -0.1) is 0 Å². The maximum absolute atomic E-state index is 13.0. The summed E-state index contributed by atoms with van der Waals surface area (Å²) in [4.78, 5) is 4.02. The monoisotopic (exact) mass is 206 g/mol. The molecule has 0 spiro atoms. The Morgan fingerprint density at radius 2 is 2.27 bits per heavy atom. The molecular weight excluding hydrogens is 195 g/mol. The summed E-state index contributed by atoms with van der Waals surface area (Å²) in [6, 6.07) is 6.30. The second-order valence-electron chi connectivity index (χ2n) is 3.19. The molecule has 1 aromatic heterocycles. The van der Waals surface area contributed by atoms with Crippen LogP contribution in [0.4, 0.5) is 10.4 Å². The van der Waals surface area contributed by atoms with Crippen LogP contribution in [-0.4, -0.2) is 4.98 Å². The molecule has 15 heavy (non-hydrogen) atoms. The van der Waals surface area contributed by atoms with E-state index in [4.69, 9.17) is 10.2 Å². The van der Waals surface area contributed by atoms with E-state index < -0.39 is 0 Å². The first-order valence-electron chi connectivity index (χ1n) is 4.72. The molecule has 1 heterocycles. The quantitative estimate of drug-likeness (QED) is 0.821. The van der Waals surface area contributed by atoms with Gasteiger partial charge in [-0.3, -0.25) is 0 Å². The third-order valence-corrected chi connectivity index (χ3v) is 2.14. The molecule has 0 bridgehead atoms. The van der Waals surface area contributed by atoms with Crippen molar-refractivity contribution in [2.45, 2.75) is 13.3 Å². The summed E-state index contributed by atoms with van der Waals surface area (Å²) < 4.78 is 18.2. The van der Waals surface area contributed by atoms with E-state index in [1.54, 1.807) is 12.1 Å². The van der Waals surface area contributed by atoms with Crippen molar-refractivity contribution in [3.8, 4) is 11.3 Å². The lowest BCUT2D eigenvalue weighted by Gasteiger charge is -1.98. The van der Waals surface area contributed by atoms with E-state index in [1.165, 1.54) is 12.1 Å². The van der Waals surface area contributed by atoms with Gasteiger partial charge < -0.3 is 10.2 Å². The van der Waals surface area contributed by atoms with Gasteiger partial charge in [-0.25, -0.2) is 4.39 Å². The highest BCUT2D eigenvalue weighted by molar-refractivity contribution is 5.61. The zero-order valence-electron chi connectivity index (χ0n) is 8.33. The van der Waals surface area contributed by atoms with Crippen molar-refractivity contribution < 1.29 is 8.81 Å². The van der Waals surface area contributed by atoms with Crippen LogP contribution in [0.25, 0.3) is 11.3 Å². The molecule has 3 nitrogen and oxygen atoms in total. The molecule has 2 aromatic rings. The Balaban J connectivity index is 2.53. The number of benzene rings is 1. The van der Waals surface area contributed by atoms with Gasteiger partial charge in [0.25, 0.3) is 6.01 Å². The predicted molar refractivity (Wildman–Crippen MR) is 55.7 cm³/mol. The molecule has 0 atom stereocenters. The largest absolute Gasteiger partial charge is 0.423 e. The molecule has 0 amide bonds. The lowest BCUT2D eigenvalue weighted by Crippen LogP contribution is -1.86. The SMILES string of the molecule is CCc1nc(N)oc1-c1cccc(F)c1. The van der Waals surface area contributed by atoms with Crippen molar-refractivity contribution in [1.29, 1.82) is 0 Å². The van der Waals surface area contributed by atoms with Gasteiger partial charge in [0.1, 0.15) is 5.82 Å². The molecule has 1 aromatic carbocycles. The molecule has 0 aliphatic carbocycles. The maximum Gasteiger partial charge on any atom is 0.292 e.